The number of carbonyl (C=O) groups excluding carboxylic acids is 2. The number of carboxylic acid groups (broad SMARTS) is 1. The van der Waals surface area contributed by atoms with Crippen LogP contribution in [0.15, 0.2) is 24.3 Å². The summed E-state index contributed by atoms with van der Waals surface area (Å²) in [7, 11) is 0. The molecule has 6 nitrogen and oxygen atoms in total. The standard InChI is InChI=1S/C18H25NO5/c1-5-18(6-2,17(22)23)11-19-16(21)13(4)24-15-9-7-8-14(10-15)12(3)20/h7-10,13H,5-6,11H2,1-4H3,(H,19,21)(H,22,23). The van der Waals surface area contributed by atoms with E-state index in [1.54, 1.807) is 45.0 Å². The van der Waals surface area contributed by atoms with Crippen molar-refractivity contribution in [3.63, 3.8) is 0 Å². The van der Waals surface area contributed by atoms with E-state index in [0.29, 0.717) is 24.2 Å². The molecule has 0 heterocycles. The third kappa shape index (κ3) is 4.81. The normalized spacial score (nSPS) is 12.3. The summed E-state index contributed by atoms with van der Waals surface area (Å²) in [6.45, 7) is 6.66. The van der Waals surface area contributed by atoms with E-state index < -0.39 is 23.4 Å². The average molecular weight is 335 g/mol. The highest BCUT2D eigenvalue weighted by Gasteiger charge is 2.35. The lowest BCUT2D eigenvalue weighted by molar-refractivity contribution is -0.149. The third-order valence-electron chi connectivity index (χ3n) is 4.33. The van der Waals surface area contributed by atoms with Crippen molar-refractivity contribution in [1.82, 2.24) is 5.32 Å². The first-order valence-electron chi connectivity index (χ1n) is 8.04. The summed E-state index contributed by atoms with van der Waals surface area (Å²) in [5.74, 6) is -0.984. The second-order valence-electron chi connectivity index (χ2n) is 5.85. The first kappa shape index (κ1) is 19.7. The number of ether oxygens (including phenoxy) is 1. The maximum atomic E-state index is 12.2. The number of carboxylic acids is 1. The zero-order valence-electron chi connectivity index (χ0n) is 14.6. The van der Waals surface area contributed by atoms with Gasteiger partial charge >= 0.3 is 5.97 Å². The number of ketones is 1. The van der Waals surface area contributed by atoms with Crippen molar-refractivity contribution in [2.24, 2.45) is 5.41 Å². The maximum Gasteiger partial charge on any atom is 0.311 e. The molecule has 0 bridgehead atoms. The Labute approximate surface area is 142 Å². The van der Waals surface area contributed by atoms with Gasteiger partial charge in [0.15, 0.2) is 11.9 Å². The van der Waals surface area contributed by atoms with Gasteiger partial charge < -0.3 is 15.2 Å². The Balaban J connectivity index is 2.70. The van der Waals surface area contributed by atoms with Gasteiger partial charge in [-0.3, -0.25) is 14.4 Å². The molecule has 0 aliphatic heterocycles. The van der Waals surface area contributed by atoms with Crippen molar-refractivity contribution in [2.45, 2.75) is 46.6 Å². The summed E-state index contributed by atoms with van der Waals surface area (Å²) in [4.78, 5) is 35.0. The second kappa shape index (κ2) is 8.47. The van der Waals surface area contributed by atoms with Gasteiger partial charge in [0.2, 0.25) is 0 Å². The quantitative estimate of drug-likeness (QED) is 0.677. The fraction of sp³-hybridized carbons (Fsp3) is 0.500. The zero-order chi connectivity index (χ0) is 18.3. The lowest BCUT2D eigenvalue weighted by Crippen LogP contribution is -2.46. The van der Waals surface area contributed by atoms with Crippen LogP contribution in [0.5, 0.6) is 5.75 Å². The lowest BCUT2D eigenvalue weighted by Gasteiger charge is -2.27. The highest BCUT2D eigenvalue weighted by Crippen LogP contribution is 2.25. The zero-order valence-corrected chi connectivity index (χ0v) is 14.6. The van der Waals surface area contributed by atoms with Gasteiger partial charge in [0, 0.05) is 12.1 Å². The predicted octanol–water partition coefficient (Wildman–Crippen LogP) is 2.66. The van der Waals surface area contributed by atoms with Crippen LogP contribution < -0.4 is 10.1 Å². The minimum absolute atomic E-state index is 0.0509. The van der Waals surface area contributed by atoms with Crippen LogP contribution in [-0.2, 0) is 9.59 Å². The van der Waals surface area contributed by atoms with Crippen LogP contribution in [0.4, 0.5) is 0 Å². The number of Topliss-reactive ketones (excluding diaryl/α,β-unsaturated/α-hetero) is 1. The summed E-state index contributed by atoms with van der Waals surface area (Å²) >= 11 is 0. The van der Waals surface area contributed by atoms with Gasteiger partial charge in [-0.15, -0.1) is 0 Å². The van der Waals surface area contributed by atoms with Crippen molar-refractivity contribution in [3.05, 3.63) is 29.8 Å². The van der Waals surface area contributed by atoms with Gasteiger partial charge in [-0.1, -0.05) is 26.0 Å². The number of benzene rings is 1. The Morgan fingerprint density at radius 3 is 2.38 bits per heavy atom. The van der Waals surface area contributed by atoms with Gasteiger partial charge in [0.05, 0.1) is 5.41 Å². The molecule has 24 heavy (non-hydrogen) atoms. The van der Waals surface area contributed by atoms with Gasteiger partial charge in [0.25, 0.3) is 5.91 Å². The number of amides is 1. The number of nitrogens with one attached hydrogen (secondary N) is 1. The van der Waals surface area contributed by atoms with Crippen molar-refractivity contribution < 1.29 is 24.2 Å². The number of carbonyl (C=O) groups is 3. The van der Waals surface area contributed by atoms with Crippen molar-refractivity contribution in [3.8, 4) is 5.75 Å². The topological polar surface area (TPSA) is 92.7 Å². The predicted molar refractivity (Wildman–Crippen MR) is 90.2 cm³/mol. The first-order valence-corrected chi connectivity index (χ1v) is 8.04. The third-order valence-corrected chi connectivity index (χ3v) is 4.33. The van der Waals surface area contributed by atoms with Crippen molar-refractivity contribution >= 4 is 17.7 Å². The van der Waals surface area contributed by atoms with E-state index in [2.05, 4.69) is 5.32 Å². The van der Waals surface area contributed by atoms with Crippen LogP contribution in [0, 0.1) is 5.41 Å². The molecule has 6 heteroatoms. The fourth-order valence-corrected chi connectivity index (χ4v) is 2.32. The van der Waals surface area contributed by atoms with Crippen LogP contribution in [0.1, 0.15) is 50.9 Å². The largest absolute Gasteiger partial charge is 0.481 e. The van der Waals surface area contributed by atoms with E-state index in [0.717, 1.165) is 0 Å². The van der Waals surface area contributed by atoms with Gasteiger partial charge in [-0.2, -0.15) is 0 Å². The number of hydrogen-bond donors (Lipinski definition) is 2. The summed E-state index contributed by atoms with van der Waals surface area (Å²) in [5, 5.41) is 12.0. The van der Waals surface area contributed by atoms with Crippen LogP contribution in [0.25, 0.3) is 0 Å². The van der Waals surface area contributed by atoms with Crippen LogP contribution >= 0.6 is 0 Å². The molecule has 0 aromatic heterocycles. The van der Waals surface area contributed by atoms with Crippen LogP contribution in [0.3, 0.4) is 0 Å². The monoisotopic (exact) mass is 335 g/mol. The number of hydrogen-bond acceptors (Lipinski definition) is 4. The summed E-state index contributed by atoms with van der Waals surface area (Å²) in [5.41, 5.74) is -0.467. The van der Waals surface area contributed by atoms with Gasteiger partial charge in [-0.05, 0) is 38.8 Å². The fourth-order valence-electron chi connectivity index (χ4n) is 2.32. The van der Waals surface area contributed by atoms with E-state index in [-0.39, 0.29) is 12.3 Å². The molecule has 1 aromatic carbocycles. The first-order chi connectivity index (χ1) is 11.3. The summed E-state index contributed by atoms with van der Waals surface area (Å²) in [6, 6.07) is 6.59. The molecule has 0 saturated carbocycles. The van der Waals surface area contributed by atoms with Crippen molar-refractivity contribution in [2.75, 3.05) is 6.54 Å². The van der Waals surface area contributed by atoms with Crippen LogP contribution in [0.2, 0.25) is 0 Å². The molecule has 0 saturated heterocycles. The molecule has 0 radical (unpaired) electrons. The molecule has 132 valence electrons. The molecule has 0 fully saturated rings. The Morgan fingerprint density at radius 1 is 1.25 bits per heavy atom. The van der Waals surface area contributed by atoms with E-state index >= 15 is 0 Å². The molecule has 1 atom stereocenters. The maximum absolute atomic E-state index is 12.2. The Kier molecular flexibility index (Phi) is 6.95. The van der Waals surface area contributed by atoms with Crippen molar-refractivity contribution in [1.29, 1.82) is 0 Å². The molecule has 1 amide bonds. The molecule has 1 unspecified atom stereocenters. The number of aliphatic carboxylic acids is 1. The highest BCUT2D eigenvalue weighted by molar-refractivity contribution is 5.94. The van der Waals surface area contributed by atoms with E-state index in [1.165, 1.54) is 6.92 Å². The molecular formula is C18H25NO5. The smallest absolute Gasteiger partial charge is 0.311 e. The Hall–Kier alpha value is -2.37. The molecule has 0 aliphatic carbocycles. The molecule has 1 rings (SSSR count). The highest BCUT2D eigenvalue weighted by atomic mass is 16.5. The second-order valence-corrected chi connectivity index (χ2v) is 5.85. The molecule has 1 aromatic rings. The van der Waals surface area contributed by atoms with E-state index in [1.807, 2.05) is 0 Å². The molecule has 0 aliphatic rings. The van der Waals surface area contributed by atoms with E-state index in [9.17, 15) is 19.5 Å². The number of rotatable bonds is 9. The minimum atomic E-state index is -0.968. The Bertz CT molecular complexity index is 607. The minimum Gasteiger partial charge on any atom is -0.481 e. The van der Waals surface area contributed by atoms with E-state index in [4.69, 9.17) is 4.74 Å². The Morgan fingerprint density at radius 2 is 1.88 bits per heavy atom. The summed E-state index contributed by atoms with van der Waals surface area (Å²) in [6.07, 6.45) is 0.0525. The van der Waals surface area contributed by atoms with Gasteiger partial charge in [0.1, 0.15) is 5.75 Å². The molecule has 0 spiro atoms. The van der Waals surface area contributed by atoms with Gasteiger partial charge in [-0.25, -0.2) is 0 Å². The average Bonchev–Trinajstić information content (AvgIpc) is 2.55. The molecular weight excluding hydrogens is 310 g/mol. The molecule has 2 N–H and O–H groups in total. The van der Waals surface area contributed by atoms with Crippen LogP contribution in [-0.4, -0.2) is 35.4 Å². The lowest BCUT2D eigenvalue weighted by atomic mass is 9.82. The SMILES string of the molecule is CCC(CC)(CNC(=O)C(C)Oc1cccc(C(C)=O)c1)C(=O)O. The summed E-state index contributed by atoms with van der Waals surface area (Å²) < 4.78 is 5.55.